The third-order valence-electron chi connectivity index (χ3n) is 5.15. The number of aliphatic hydroxyl groups excluding tert-OH is 1. The molecule has 1 nitrogen and oxygen atoms in total. The van der Waals surface area contributed by atoms with E-state index in [1.807, 2.05) is 0 Å². The molecule has 0 heterocycles. The van der Waals surface area contributed by atoms with Gasteiger partial charge in [0.05, 0.1) is 0 Å². The molecule has 0 unspecified atom stereocenters. The van der Waals surface area contributed by atoms with Crippen molar-refractivity contribution in [1.82, 2.24) is 0 Å². The van der Waals surface area contributed by atoms with Gasteiger partial charge >= 0.3 is 0 Å². The molecule has 74 valence electrons. The van der Waals surface area contributed by atoms with E-state index in [2.05, 4.69) is 0 Å². The maximum atomic E-state index is 9.52. The van der Waals surface area contributed by atoms with E-state index in [-0.39, 0.29) is 0 Å². The molecule has 1 N–H and O–H groups in total. The highest BCUT2D eigenvalue weighted by atomic mass is 16.3. The maximum absolute atomic E-state index is 9.52. The largest absolute Gasteiger partial charge is 0.396 e. The fraction of sp³-hybridized carbons (Fsp3) is 1.00. The lowest BCUT2D eigenvalue weighted by molar-refractivity contribution is -0.167. The lowest BCUT2D eigenvalue weighted by atomic mass is 9.40. The Balaban J connectivity index is 1.67. The van der Waals surface area contributed by atoms with Crippen molar-refractivity contribution in [2.45, 2.75) is 51.4 Å². The van der Waals surface area contributed by atoms with E-state index in [9.17, 15) is 5.11 Å². The van der Waals surface area contributed by atoms with Gasteiger partial charge in [-0.3, -0.25) is 0 Å². The van der Waals surface area contributed by atoms with Crippen LogP contribution in [0.1, 0.15) is 51.4 Å². The van der Waals surface area contributed by atoms with E-state index in [0.717, 1.165) is 11.3 Å². The number of hydrogen-bond donors (Lipinski definition) is 1. The van der Waals surface area contributed by atoms with Crippen LogP contribution in [-0.4, -0.2) is 11.7 Å². The Morgan fingerprint density at radius 2 is 1.77 bits per heavy atom. The van der Waals surface area contributed by atoms with Crippen LogP contribution in [0.25, 0.3) is 0 Å². The van der Waals surface area contributed by atoms with Crippen molar-refractivity contribution in [3.05, 3.63) is 0 Å². The topological polar surface area (TPSA) is 20.2 Å². The fourth-order valence-corrected chi connectivity index (χ4v) is 4.02. The molecule has 3 aliphatic carbocycles. The molecular weight excluding hydrogens is 160 g/mol. The zero-order valence-corrected chi connectivity index (χ0v) is 8.39. The lowest BCUT2D eigenvalue weighted by Crippen LogP contribution is -2.57. The van der Waals surface area contributed by atoms with Crippen LogP contribution in [0.4, 0.5) is 0 Å². The van der Waals surface area contributed by atoms with Crippen molar-refractivity contribution in [2.24, 2.45) is 16.7 Å². The second-order valence-corrected chi connectivity index (χ2v) is 5.86. The maximum Gasteiger partial charge on any atom is 0.0490 e. The van der Waals surface area contributed by atoms with Gasteiger partial charge in [0.25, 0.3) is 0 Å². The van der Waals surface area contributed by atoms with Crippen LogP contribution in [0.5, 0.6) is 0 Å². The number of rotatable bonds is 2. The van der Waals surface area contributed by atoms with E-state index < -0.39 is 0 Å². The van der Waals surface area contributed by atoms with Crippen LogP contribution in [-0.2, 0) is 0 Å². The second-order valence-electron chi connectivity index (χ2n) is 5.86. The molecule has 0 bridgehead atoms. The van der Waals surface area contributed by atoms with Gasteiger partial charge in [-0.2, -0.15) is 0 Å². The van der Waals surface area contributed by atoms with Gasteiger partial charge in [-0.1, -0.05) is 12.8 Å². The monoisotopic (exact) mass is 180 g/mol. The average Bonchev–Trinajstić information content (AvgIpc) is 1.87. The molecule has 0 amide bonds. The highest BCUT2D eigenvalue weighted by Crippen LogP contribution is 2.68. The molecule has 0 radical (unpaired) electrons. The molecule has 3 saturated carbocycles. The van der Waals surface area contributed by atoms with Gasteiger partial charge in [0.2, 0.25) is 0 Å². The summed E-state index contributed by atoms with van der Waals surface area (Å²) in [6.07, 6.45) is 11.3. The predicted molar refractivity (Wildman–Crippen MR) is 52.4 cm³/mol. The summed E-state index contributed by atoms with van der Waals surface area (Å²) in [4.78, 5) is 0. The zero-order chi connectivity index (χ0) is 8.94. The van der Waals surface area contributed by atoms with E-state index in [1.54, 1.807) is 0 Å². The summed E-state index contributed by atoms with van der Waals surface area (Å²) in [7, 11) is 0. The molecule has 0 aromatic heterocycles. The summed E-state index contributed by atoms with van der Waals surface area (Å²) in [5.74, 6) is 0.892. The van der Waals surface area contributed by atoms with E-state index in [1.165, 1.54) is 51.4 Å². The summed E-state index contributed by atoms with van der Waals surface area (Å²) >= 11 is 0. The minimum absolute atomic E-state index is 0.401. The molecule has 0 aromatic carbocycles. The Labute approximate surface area is 80.5 Å². The Bertz CT molecular complexity index is 205. The number of aliphatic hydroxyl groups is 1. The second kappa shape index (κ2) is 2.50. The molecule has 1 heteroatoms. The predicted octanol–water partition coefficient (Wildman–Crippen LogP) is 2.73. The third kappa shape index (κ3) is 0.971. The average molecular weight is 180 g/mol. The van der Waals surface area contributed by atoms with Crippen molar-refractivity contribution in [3.63, 3.8) is 0 Å². The molecular formula is C12H20O. The summed E-state index contributed by atoms with van der Waals surface area (Å²) in [6, 6.07) is 0. The van der Waals surface area contributed by atoms with Gasteiger partial charge in [0, 0.05) is 6.61 Å². The summed E-state index contributed by atoms with van der Waals surface area (Å²) < 4.78 is 0. The minimum atomic E-state index is 0.401. The first-order valence-electron chi connectivity index (χ1n) is 5.90. The van der Waals surface area contributed by atoms with E-state index in [0.29, 0.717) is 12.0 Å². The molecule has 1 spiro atoms. The van der Waals surface area contributed by atoms with Crippen molar-refractivity contribution >= 4 is 0 Å². The molecule has 0 saturated heterocycles. The van der Waals surface area contributed by atoms with Crippen LogP contribution in [0.15, 0.2) is 0 Å². The Kier molecular flexibility index (Phi) is 1.59. The Morgan fingerprint density at radius 3 is 2.08 bits per heavy atom. The lowest BCUT2D eigenvalue weighted by Gasteiger charge is -2.65. The molecule has 3 rings (SSSR count). The van der Waals surface area contributed by atoms with Crippen molar-refractivity contribution in [1.29, 1.82) is 0 Å². The normalized spacial score (nSPS) is 34.8. The SMILES string of the molecule is OCC1(C2CCC2)CC2(CCC2)C1. The third-order valence-corrected chi connectivity index (χ3v) is 5.15. The summed E-state index contributed by atoms with van der Waals surface area (Å²) in [5, 5.41) is 9.52. The molecule has 0 atom stereocenters. The van der Waals surface area contributed by atoms with Crippen LogP contribution >= 0.6 is 0 Å². The first kappa shape index (κ1) is 8.28. The first-order valence-corrected chi connectivity index (χ1v) is 5.90. The van der Waals surface area contributed by atoms with Gasteiger partial charge in [0.15, 0.2) is 0 Å². The van der Waals surface area contributed by atoms with Crippen LogP contribution in [0.2, 0.25) is 0 Å². The molecule has 3 aliphatic rings. The Hall–Kier alpha value is -0.0400. The summed E-state index contributed by atoms with van der Waals surface area (Å²) in [5.41, 5.74) is 1.14. The highest BCUT2D eigenvalue weighted by Gasteiger charge is 2.59. The van der Waals surface area contributed by atoms with Gasteiger partial charge in [0.1, 0.15) is 0 Å². The highest BCUT2D eigenvalue weighted by molar-refractivity contribution is 5.10. The molecule has 3 fully saturated rings. The van der Waals surface area contributed by atoms with Crippen LogP contribution < -0.4 is 0 Å². The van der Waals surface area contributed by atoms with E-state index in [4.69, 9.17) is 0 Å². The number of hydrogen-bond acceptors (Lipinski definition) is 1. The standard InChI is InChI=1S/C12H20O/c13-9-12(10-3-1-4-10)7-11(8-12)5-2-6-11/h10,13H,1-9H2. The van der Waals surface area contributed by atoms with Crippen molar-refractivity contribution in [3.8, 4) is 0 Å². The summed E-state index contributed by atoms with van der Waals surface area (Å²) in [6.45, 7) is 0.472. The van der Waals surface area contributed by atoms with Crippen molar-refractivity contribution in [2.75, 3.05) is 6.61 Å². The van der Waals surface area contributed by atoms with E-state index >= 15 is 0 Å². The Morgan fingerprint density at radius 1 is 1.08 bits per heavy atom. The van der Waals surface area contributed by atoms with Crippen LogP contribution in [0.3, 0.4) is 0 Å². The minimum Gasteiger partial charge on any atom is -0.396 e. The van der Waals surface area contributed by atoms with Gasteiger partial charge in [-0.05, 0) is 55.3 Å². The fourth-order valence-electron chi connectivity index (χ4n) is 4.02. The first-order chi connectivity index (χ1) is 6.29. The van der Waals surface area contributed by atoms with Crippen LogP contribution in [0, 0.1) is 16.7 Å². The quantitative estimate of drug-likeness (QED) is 0.692. The smallest absolute Gasteiger partial charge is 0.0490 e. The zero-order valence-electron chi connectivity index (χ0n) is 8.39. The van der Waals surface area contributed by atoms with Gasteiger partial charge in [-0.15, -0.1) is 0 Å². The van der Waals surface area contributed by atoms with Gasteiger partial charge < -0.3 is 5.11 Å². The van der Waals surface area contributed by atoms with Crippen molar-refractivity contribution < 1.29 is 5.11 Å². The molecule has 0 aromatic rings. The molecule has 0 aliphatic heterocycles. The molecule has 13 heavy (non-hydrogen) atoms. The van der Waals surface area contributed by atoms with Gasteiger partial charge in [-0.25, -0.2) is 0 Å².